The van der Waals surface area contributed by atoms with Crippen LogP contribution in [0.25, 0.3) is 0 Å². The largest absolute Gasteiger partial charge is 0.310 e. The van der Waals surface area contributed by atoms with E-state index in [9.17, 15) is 0 Å². The molecule has 17 heavy (non-hydrogen) atoms. The van der Waals surface area contributed by atoms with Crippen molar-refractivity contribution in [3.8, 4) is 0 Å². The predicted molar refractivity (Wildman–Crippen MR) is 76.5 cm³/mol. The van der Waals surface area contributed by atoms with Gasteiger partial charge in [-0.1, -0.05) is 57.5 Å². The van der Waals surface area contributed by atoms with Crippen LogP contribution in [0.5, 0.6) is 0 Å². The summed E-state index contributed by atoms with van der Waals surface area (Å²) in [4.78, 5) is 0. The molecule has 0 radical (unpaired) electrons. The monoisotopic (exact) mass is 253 g/mol. The van der Waals surface area contributed by atoms with E-state index in [4.69, 9.17) is 11.6 Å². The van der Waals surface area contributed by atoms with Crippen LogP contribution in [-0.2, 0) is 0 Å². The molecule has 1 aromatic carbocycles. The first kappa shape index (κ1) is 14.5. The van der Waals surface area contributed by atoms with Crippen LogP contribution in [0.1, 0.15) is 46.2 Å². The van der Waals surface area contributed by atoms with Gasteiger partial charge >= 0.3 is 0 Å². The van der Waals surface area contributed by atoms with Gasteiger partial charge in [0.1, 0.15) is 0 Å². The van der Waals surface area contributed by atoms with Gasteiger partial charge in [0.05, 0.1) is 0 Å². The lowest BCUT2D eigenvalue weighted by molar-refractivity contribution is 0.247. The SMILES string of the molecule is CC(CN[C@@H](C)c1ccccc1Cl)C(C)(C)C. The molecule has 2 heteroatoms. The van der Waals surface area contributed by atoms with Crippen molar-refractivity contribution < 1.29 is 0 Å². The lowest BCUT2D eigenvalue weighted by Crippen LogP contribution is -2.31. The van der Waals surface area contributed by atoms with Gasteiger partial charge in [-0.25, -0.2) is 0 Å². The van der Waals surface area contributed by atoms with Crippen LogP contribution in [0.3, 0.4) is 0 Å². The molecule has 1 rings (SSSR count). The van der Waals surface area contributed by atoms with Gasteiger partial charge < -0.3 is 5.32 Å². The Bertz CT molecular complexity index is 354. The second-order valence-corrected chi connectivity index (χ2v) is 6.33. The maximum absolute atomic E-state index is 6.18. The fourth-order valence-corrected chi connectivity index (χ4v) is 1.90. The normalized spacial score (nSPS) is 15.6. The molecule has 96 valence electrons. The van der Waals surface area contributed by atoms with Gasteiger partial charge in [0.25, 0.3) is 0 Å². The molecule has 0 aliphatic carbocycles. The van der Waals surface area contributed by atoms with Crippen molar-refractivity contribution in [1.82, 2.24) is 5.32 Å². The van der Waals surface area contributed by atoms with E-state index in [1.165, 1.54) is 5.56 Å². The van der Waals surface area contributed by atoms with Gasteiger partial charge in [-0.3, -0.25) is 0 Å². The Morgan fingerprint density at radius 2 is 1.76 bits per heavy atom. The summed E-state index contributed by atoms with van der Waals surface area (Å²) in [6.07, 6.45) is 0. The van der Waals surface area contributed by atoms with E-state index in [1.807, 2.05) is 18.2 Å². The van der Waals surface area contributed by atoms with Gasteiger partial charge in [0.15, 0.2) is 0 Å². The average Bonchev–Trinajstić information content (AvgIpc) is 2.24. The number of halogens is 1. The molecule has 1 N–H and O–H groups in total. The Balaban J connectivity index is 2.57. The molecule has 0 fully saturated rings. The fraction of sp³-hybridized carbons (Fsp3) is 0.600. The average molecular weight is 254 g/mol. The molecule has 0 heterocycles. The zero-order chi connectivity index (χ0) is 13.1. The summed E-state index contributed by atoms with van der Waals surface area (Å²) in [5, 5.41) is 4.41. The highest BCUT2D eigenvalue weighted by molar-refractivity contribution is 6.31. The minimum atomic E-state index is 0.300. The fourth-order valence-electron chi connectivity index (χ4n) is 1.60. The number of hydrogen-bond donors (Lipinski definition) is 1. The molecule has 0 saturated carbocycles. The van der Waals surface area contributed by atoms with Crippen LogP contribution in [0, 0.1) is 11.3 Å². The maximum atomic E-state index is 6.18. The van der Waals surface area contributed by atoms with Gasteiger partial charge in [0.2, 0.25) is 0 Å². The summed E-state index contributed by atoms with van der Waals surface area (Å²) in [5.41, 5.74) is 1.52. The Morgan fingerprint density at radius 1 is 1.18 bits per heavy atom. The molecule has 0 aliphatic heterocycles. The first-order chi connectivity index (χ1) is 7.82. The number of benzene rings is 1. The molecule has 0 aromatic heterocycles. The molecule has 2 atom stereocenters. The lowest BCUT2D eigenvalue weighted by atomic mass is 9.82. The molecular weight excluding hydrogens is 230 g/mol. The van der Waals surface area contributed by atoms with Crippen molar-refractivity contribution in [1.29, 1.82) is 0 Å². The van der Waals surface area contributed by atoms with E-state index in [0.717, 1.165) is 11.6 Å². The second-order valence-electron chi connectivity index (χ2n) is 5.92. The molecule has 0 spiro atoms. The maximum Gasteiger partial charge on any atom is 0.0453 e. The molecule has 1 aromatic rings. The summed E-state index contributed by atoms with van der Waals surface area (Å²) in [6, 6.07) is 8.33. The predicted octanol–water partition coefficient (Wildman–Crippen LogP) is 4.67. The highest BCUT2D eigenvalue weighted by Crippen LogP contribution is 2.26. The van der Waals surface area contributed by atoms with Crippen LogP contribution < -0.4 is 5.32 Å². The zero-order valence-electron chi connectivity index (χ0n) is 11.5. The van der Waals surface area contributed by atoms with E-state index in [0.29, 0.717) is 17.4 Å². The number of rotatable bonds is 4. The summed E-state index contributed by atoms with van der Waals surface area (Å²) in [5.74, 6) is 0.632. The molecule has 0 amide bonds. The van der Waals surface area contributed by atoms with Crippen molar-refractivity contribution in [2.45, 2.75) is 40.7 Å². The first-order valence-corrected chi connectivity index (χ1v) is 6.68. The van der Waals surface area contributed by atoms with Crippen molar-refractivity contribution >= 4 is 11.6 Å². The van der Waals surface area contributed by atoms with E-state index < -0.39 is 0 Å². The lowest BCUT2D eigenvalue weighted by Gasteiger charge is -2.29. The van der Waals surface area contributed by atoms with Gasteiger partial charge in [-0.15, -0.1) is 0 Å². The van der Waals surface area contributed by atoms with Crippen LogP contribution >= 0.6 is 11.6 Å². The standard InChI is InChI=1S/C15H24ClN/c1-11(15(3,4)5)10-17-12(2)13-8-6-7-9-14(13)16/h6-9,11-12,17H,10H2,1-5H3/t11?,12-/m0/s1. The number of nitrogens with one attached hydrogen (secondary N) is 1. The molecule has 0 bridgehead atoms. The van der Waals surface area contributed by atoms with Gasteiger partial charge in [-0.05, 0) is 36.4 Å². The van der Waals surface area contributed by atoms with Crippen LogP contribution in [0.4, 0.5) is 0 Å². The van der Waals surface area contributed by atoms with E-state index >= 15 is 0 Å². The molecule has 1 nitrogen and oxygen atoms in total. The topological polar surface area (TPSA) is 12.0 Å². The van der Waals surface area contributed by atoms with Gasteiger partial charge in [0, 0.05) is 11.1 Å². The third-order valence-corrected chi connectivity index (χ3v) is 3.92. The quantitative estimate of drug-likeness (QED) is 0.822. The van der Waals surface area contributed by atoms with E-state index in [1.54, 1.807) is 0 Å². The van der Waals surface area contributed by atoms with Crippen molar-refractivity contribution in [3.63, 3.8) is 0 Å². The van der Waals surface area contributed by atoms with E-state index in [2.05, 4.69) is 46.0 Å². The summed E-state index contributed by atoms with van der Waals surface area (Å²) >= 11 is 6.18. The molecule has 1 unspecified atom stereocenters. The van der Waals surface area contributed by atoms with Gasteiger partial charge in [-0.2, -0.15) is 0 Å². The van der Waals surface area contributed by atoms with Crippen LogP contribution in [-0.4, -0.2) is 6.54 Å². The molecular formula is C15H24ClN. The highest BCUT2D eigenvalue weighted by Gasteiger charge is 2.20. The van der Waals surface area contributed by atoms with Crippen molar-refractivity contribution in [3.05, 3.63) is 34.9 Å². The van der Waals surface area contributed by atoms with Crippen LogP contribution in [0.15, 0.2) is 24.3 Å². The minimum absolute atomic E-state index is 0.300. The Kier molecular flexibility index (Phi) is 5.03. The molecule has 0 saturated heterocycles. The smallest absolute Gasteiger partial charge is 0.0453 e. The third-order valence-electron chi connectivity index (χ3n) is 3.58. The van der Waals surface area contributed by atoms with Crippen molar-refractivity contribution in [2.75, 3.05) is 6.54 Å². The highest BCUT2D eigenvalue weighted by atomic mass is 35.5. The Morgan fingerprint density at radius 3 is 2.29 bits per heavy atom. The zero-order valence-corrected chi connectivity index (χ0v) is 12.3. The van der Waals surface area contributed by atoms with E-state index in [-0.39, 0.29) is 0 Å². The molecule has 0 aliphatic rings. The summed E-state index contributed by atoms with van der Waals surface area (Å²) in [6.45, 7) is 12.3. The summed E-state index contributed by atoms with van der Waals surface area (Å²) < 4.78 is 0. The Hall–Kier alpha value is -0.530. The first-order valence-electron chi connectivity index (χ1n) is 6.30. The second kappa shape index (κ2) is 5.88. The van der Waals surface area contributed by atoms with Crippen LogP contribution in [0.2, 0.25) is 5.02 Å². The third kappa shape index (κ3) is 4.33. The Labute approximate surface area is 111 Å². The number of hydrogen-bond acceptors (Lipinski definition) is 1. The van der Waals surface area contributed by atoms with Crippen molar-refractivity contribution in [2.24, 2.45) is 11.3 Å². The minimum Gasteiger partial charge on any atom is -0.310 e. The summed E-state index contributed by atoms with van der Waals surface area (Å²) in [7, 11) is 0.